The van der Waals surface area contributed by atoms with E-state index in [1.54, 1.807) is 0 Å². The van der Waals surface area contributed by atoms with Gasteiger partial charge in [0.25, 0.3) is 0 Å². The highest BCUT2D eigenvalue weighted by molar-refractivity contribution is 7.80. The monoisotopic (exact) mass is 332 g/mol. The van der Waals surface area contributed by atoms with Crippen molar-refractivity contribution < 1.29 is 31.1 Å². The molecule has 0 atom stereocenters. The lowest BCUT2D eigenvalue weighted by Gasteiger charge is -2.24. The highest BCUT2D eigenvalue weighted by atomic mass is 32.1. The summed E-state index contributed by atoms with van der Waals surface area (Å²) in [6.07, 6.45) is -9.33. The second-order valence-corrected chi connectivity index (χ2v) is 4.42. The SMILES string of the molecule is NC(=S)N(Cc1ccc(OC(F)(F)F)cc1)CC(F)(F)F. The molecule has 0 aliphatic carbocycles. The van der Waals surface area contributed by atoms with Crippen LogP contribution in [-0.2, 0) is 6.54 Å². The van der Waals surface area contributed by atoms with Gasteiger partial charge in [0.05, 0.1) is 0 Å². The second-order valence-electron chi connectivity index (χ2n) is 4.00. The largest absolute Gasteiger partial charge is 0.573 e. The quantitative estimate of drug-likeness (QED) is 0.679. The maximum atomic E-state index is 12.3. The molecule has 1 aromatic rings. The van der Waals surface area contributed by atoms with Crippen LogP contribution in [0.5, 0.6) is 5.75 Å². The van der Waals surface area contributed by atoms with Crippen molar-refractivity contribution in [3.05, 3.63) is 29.8 Å². The minimum Gasteiger partial charge on any atom is -0.406 e. The Morgan fingerprint density at radius 3 is 2.00 bits per heavy atom. The summed E-state index contributed by atoms with van der Waals surface area (Å²) < 4.78 is 76.5. The summed E-state index contributed by atoms with van der Waals surface area (Å²) in [4.78, 5) is 0.689. The van der Waals surface area contributed by atoms with Crippen molar-refractivity contribution >= 4 is 17.3 Å². The Morgan fingerprint density at radius 1 is 1.10 bits per heavy atom. The molecule has 10 heteroatoms. The number of thiocarbonyl (C=S) groups is 1. The zero-order chi connectivity index (χ0) is 16.3. The first-order chi connectivity index (χ1) is 9.46. The molecule has 0 bridgehead atoms. The Hall–Kier alpha value is -1.71. The Balaban J connectivity index is 2.75. The average molecular weight is 332 g/mol. The van der Waals surface area contributed by atoms with Gasteiger partial charge in [-0.15, -0.1) is 13.2 Å². The van der Waals surface area contributed by atoms with Gasteiger partial charge in [-0.25, -0.2) is 0 Å². The molecule has 0 unspecified atom stereocenters. The number of ether oxygens (including phenoxy) is 1. The zero-order valence-electron chi connectivity index (χ0n) is 10.3. The van der Waals surface area contributed by atoms with Crippen molar-refractivity contribution in [3.63, 3.8) is 0 Å². The van der Waals surface area contributed by atoms with Crippen LogP contribution in [0.4, 0.5) is 26.3 Å². The molecule has 0 saturated carbocycles. The van der Waals surface area contributed by atoms with E-state index in [0.717, 1.165) is 12.1 Å². The number of alkyl halides is 6. The molecule has 0 saturated heterocycles. The number of nitrogens with zero attached hydrogens (tertiary/aromatic N) is 1. The van der Waals surface area contributed by atoms with Crippen LogP contribution in [0.2, 0.25) is 0 Å². The van der Waals surface area contributed by atoms with Crippen molar-refractivity contribution in [3.8, 4) is 5.75 Å². The molecule has 0 fully saturated rings. The zero-order valence-corrected chi connectivity index (χ0v) is 11.1. The van der Waals surface area contributed by atoms with Gasteiger partial charge in [-0.3, -0.25) is 0 Å². The number of rotatable bonds is 4. The van der Waals surface area contributed by atoms with E-state index in [9.17, 15) is 26.3 Å². The molecule has 0 spiro atoms. The van der Waals surface area contributed by atoms with Crippen LogP contribution in [0.3, 0.4) is 0 Å². The Bertz CT molecular complexity index is 485. The highest BCUT2D eigenvalue weighted by Gasteiger charge is 2.32. The van der Waals surface area contributed by atoms with Gasteiger partial charge >= 0.3 is 12.5 Å². The minimum atomic E-state index is -4.83. The van der Waals surface area contributed by atoms with Gasteiger partial charge in [0, 0.05) is 6.54 Å². The van der Waals surface area contributed by atoms with Crippen LogP contribution < -0.4 is 10.5 Å². The van der Waals surface area contributed by atoms with Gasteiger partial charge in [-0.2, -0.15) is 13.2 Å². The van der Waals surface area contributed by atoms with E-state index in [-0.39, 0.29) is 6.54 Å². The maximum absolute atomic E-state index is 12.3. The first kappa shape index (κ1) is 17.3. The lowest BCUT2D eigenvalue weighted by atomic mass is 10.2. The third-order valence-electron chi connectivity index (χ3n) is 2.21. The molecular formula is C11H10F6N2OS. The number of hydrogen-bond donors (Lipinski definition) is 1. The van der Waals surface area contributed by atoms with Gasteiger partial charge in [0.15, 0.2) is 5.11 Å². The molecule has 0 radical (unpaired) electrons. The Morgan fingerprint density at radius 2 is 1.62 bits per heavy atom. The molecule has 0 amide bonds. The van der Waals surface area contributed by atoms with Gasteiger partial charge in [0.2, 0.25) is 0 Å². The van der Waals surface area contributed by atoms with E-state index in [4.69, 9.17) is 5.73 Å². The summed E-state index contributed by atoms with van der Waals surface area (Å²) in [7, 11) is 0. The maximum Gasteiger partial charge on any atom is 0.573 e. The van der Waals surface area contributed by atoms with Gasteiger partial charge in [0.1, 0.15) is 12.3 Å². The molecule has 0 heterocycles. The van der Waals surface area contributed by atoms with Crippen molar-refractivity contribution in [1.29, 1.82) is 0 Å². The minimum absolute atomic E-state index is 0.277. The second kappa shape index (κ2) is 6.37. The van der Waals surface area contributed by atoms with Gasteiger partial charge in [-0.1, -0.05) is 12.1 Å². The van der Waals surface area contributed by atoms with E-state index < -0.39 is 29.9 Å². The number of halogens is 6. The molecule has 118 valence electrons. The first-order valence-electron chi connectivity index (χ1n) is 5.42. The normalized spacial score (nSPS) is 12.1. The molecule has 0 aromatic heterocycles. The molecular weight excluding hydrogens is 322 g/mol. The van der Waals surface area contributed by atoms with E-state index in [1.807, 2.05) is 0 Å². The summed E-state index contributed by atoms with van der Waals surface area (Å²) in [6, 6.07) is 4.38. The standard InChI is InChI=1S/C11H10F6N2OS/c12-10(13,14)6-19(9(18)21)5-7-1-3-8(4-2-7)20-11(15,16)17/h1-4H,5-6H2,(H2,18,21). The van der Waals surface area contributed by atoms with Crippen molar-refractivity contribution in [2.24, 2.45) is 5.73 Å². The van der Waals surface area contributed by atoms with Crippen molar-refractivity contribution in [2.75, 3.05) is 6.54 Å². The number of benzene rings is 1. The Labute approximate surface area is 121 Å². The molecule has 3 nitrogen and oxygen atoms in total. The lowest BCUT2D eigenvalue weighted by Crippen LogP contribution is -2.41. The molecule has 0 aliphatic rings. The first-order valence-corrected chi connectivity index (χ1v) is 5.83. The number of nitrogens with two attached hydrogens (primary N) is 1. The molecule has 0 aliphatic heterocycles. The van der Waals surface area contributed by atoms with Crippen LogP contribution in [0.1, 0.15) is 5.56 Å². The van der Waals surface area contributed by atoms with Crippen LogP contribution in [0.25, 0.3) is 0 Å². The number of hydrogen-bond acceptors (Lipinski definition) is 2. The van der Waals surface area contributed by atoms with Crippen LogP contribution in [0, 0.1) is 0 Å². The van der Waals surface area contributed by atoms with Gasteiger partial charge in [-0.05, 0) is 29.9 Å². The van der Waals surface area contributed by atoms with E-state index in [1.165, 1.54) is 12.1 Å². The van der Waals surface area contributed by atoms with Crippen LogP contribution in [-0.4, -0.2) is 29.1 Å². The van der Waals surface area contributed by atoms with Crippen molar-refractivity contribution in [1.82, 2.24) is 4.90 Å². The predicted molar refractivity (Wildman–Crippen MR) is 66.4 cm³/mol. The average Bonchev–Trinajstić information content (AvgIpc) is 2.27. The fourth-order valence-corrected chi connectivity index (χ4v) is 1.57. The summed E-state index contributed by atoms with van der Waals surface area (Å²) >= 11 is 4.51. The highest BCUT2D eigenvalue weighted by Crippen LogP contribution is 2.23. The smallest absolute Gasteiger partial charge is 0.406 e. The predicted octanol–water partition coefficient (Wildman–Crippen LogP) is 3.19. The van der Waals surface area contributed by atoms with E-state index in [2.05, 4.69) is 17.0 Å². The molecule has 21 heavy (non-hydrogen) atoms. The van der Waals surface area contributed by atoms with E-state index in [0.29, 0.717) is 10.5 Å². The summed E-state index contributed by atoms with van der Waals surface area (Å²) in [6.45, 7) is -1.62. The van der Waals surface area contributed by atoms with Crippen LogP contribution in [0.15, 0.2) is 24.3 Å². The lowest BCUT2D eigenvalue weighted by molar-refractivity contribution is -0.274. The molecule has 1 aromatic carbocycles. The summed E-state index contributed by atoms with van der Waals surface area (Å²) in [5.74, 6) is -0.469. The Kier molecular flexibility index (Phi) is 5.26. The van der Waals surface area contributed by atoms with Crippen molar-refractivity contribution in [2.45, 2.75) is 19.1 Å². The summed E-state index contributed by atoms with van der Waals surface area (Å²) in [5.41, 5.74) is 5.50. The third kappa shape index (κ3) is 7.02. The van der Waals surface area contributed by atoms with Gasteiger partial charge < -0.3 is 15.4 Å². The fourth-order valence-electron chi connectivity index (χ4n) is 1.45. The molecule has 1 rings (SSSR count). The van der Waals surface area contributed by atoms with E-state index >= 15 is 0 Å². The summed E-state index contributed by atoms with van der Waals surface area (Å²) in [5, 5.41) is -0.456. The van der Waals surface area contributed by atoms with Crippen LogP contribution >= 0.6 is 12.2 Å². The topological polar surface area (TPSA) is 38.5 Å². The molecule has 2 N–H and O–H groups in total. The fraction of sp³-hybridized carbons (Fsp3) is 0.364. The third-order valence-corrected chi connectivity index (χ3v) is 2.47.